The van der Waals surface area contributed by atoms with E-state index in [-0.39, 0.29) is 6.10 Å². The number of nitrogens with zero attached hydrogens (tertiary/aromatic N) is 3. The summed E-state index contributed by atoms with van der Waals surface area (Å²) in [5.74, 6) is 1.71. The number of aliphatic hydroxyl groups is 1. The molecule has 1 unspecified atom stereocenters. The first kappa shape index (κ1) is 23.8. The average Bonchev–Trinajstić information content (AvgIpc) is 3.26. The summed E-state index contributed by atoms with van der Waals surface area (Å²) < 4.78 is 51.4. The Balaban J connectivity index is 1.66. The molecule has 2 N–H and O–H groups in total. The van der Waals surface area contributed by atoms with E-state index >= 15 is 4.39 Å². The van der Waals surface area contributed by atoms with Gasteiger partial charge in [-0.3, -0.25) is 13.8 Å². The number of alkyl halides is 1. The van der Waals surface area contributed by atoms with E-state index in [0.29, 0.717) is 16.7 Å². The predicted octanol–water partition coefficient (Wildman–Crippen LogP) is 1.75. The first-order valence-electron chi connectivity index (χ1n) is 10.2. The molecule has 0 amide bonds. The van der Waals surface area contributed by atoms with Crippen LogP contribution in [-0.2, 0) is 27.9 Å². The van der Waals surface area contributed by atoms with Crippen LogP contribution in [0.4, 0.5) is 4.39 Å². The van der Waals surface area contributed by atoms with Crippen LogP contribution in [0.5, 0.6) is 0 Å². The molecule has 0 aromatic carbocycles. The van der Waals surface area contributed by atoms with Crippen molar-refractivity contribution in [3.05, 3.63) is 24.3 Å². The largest absolute Gasteiger partial charge is 0.462 e. The van der Waals surface area contributed by atoms with Crippen molar-refractivity contribution in [1.82, 2.24) is 19.6 Å². The Morgan fingerprint density at radius 2 is 2.27 bits per heavy atom. The fraction of sp³-hybridized carbons (Fsp3) is 0.550. The molecule has 0 aliphatic carbocycles. The molecular formula is C20H24FN4O7P. The molecule has 0 spiro atoms. The van der Waals surface area contributed by atoms with Crippen LogP contribution in [-0.4, -0.2) is 62.4 Å². The summed E-state index contributed by atoms with van der Waals surface area (Å²) in [6.45, 7) is 5.19. The number of hydrogen-bond donors (Lipinski definition) is 2. The Bertz CT molecular complexity index is 1190. The number of aryl methyl sites for hydroxylation is 1. The lowest BCUT2D eigenvalue weighted by Gasteiger charge is -2.37. The van der Waals surface area contributed by atoms with Crippen molar-refractivity contribution in [3.63, 3.8) is 0 Å². The smallest absolute Gasteiger partial charge is 0.406 e. The van der Waals surface area contributed by atoms with Gasteiger partial charge < -0.3 is 19.1 Å². The van der Waals surface area contributed by atoms with Gasteiger partial charge in [-0.05, 0) is 33.8 Å². The van der Waals surface area contributed by atoms with Gasteiger partial charge in [-0.15, -0.1) is 5.92 Å². The number of esters is 1. The quantitative estimate of drug-likeness (QED) is 0.369. The van der Waals surface area contributed by atoms with Crippen LogP contribution in [0.2, 0.25) is 0 Å². The van der Waals surface area contributed by atoms with E-state index in [0.717, 1.165) is 0 Å². The molecule has 2 aromatic rings. The molecule has 0 bridgehead atoms. The van der Waals surface area contributed by atoms with Crippen LogP contribution < -0.4 is 5.09 Å². The number of halogens is 1. The number of fused-ring (bicyclic) bond motifs is 2. The number of hydrogen-bond acceptors (Lipinski definition) is 9. The van der Waals surface area contributed by atoms with E-state index in [1.54, 1.807) is 33.0 Å². The molecule has 4 rings (SSSR count). The summed E-state index contributed by atoms with van der Waals surface area (Å²) in [5.41, 5.74) is -1.21. The SMILES string of the molecule is CC#C[C@]1(O)[C@H](n2ccc3c(C)ncnc32)O[C@]2(F)COP(=O)(NCC(=O)OC(C)C)O[C@@H]12. The topological polar surface area (TPSA) is 134 Å². The average molecular weight is 482 g/mol. The second-order valence-electron chi connectivity index (χ2n) is 8.01. The van der Waals surface area contributed by atoms with Crippen molar-refractivity contribution in [2.24, 2.45) is 0 Å². The van der Waals surface area contributed by atoms with Gasteiger partial charge in [-0.25, -0.2) is 24.0 Å². The van der Waals surface area contributed by atoms with Crippen molar-refractivity contribution < 1.29 is 37.4 Å². The summed E-state index contributed by atoms with van der Waals surface area (Å²) in [6.07, 6.45) is -0.728. The number of aromatic nitrogens is 3. The van der Waals surface area contributed by atoms with E-state index in [9.17, 15) is 14.5 Å². The van der Waals surface area contributed by atoms with Crippen molar-refractivity contribution >= 4 is 24.7 Å². The number of rotatable bonds is 5. The fourth-order valence-corrected chi connectivity index (χ4v) is 5.33. The fourth-order valence-electron chi connectivity index (χ4n) is 3.84. The van der Waals surface area contributed by atoms with Gasteiger partial charge in [-0.1, -0.05) is 5.92 Å². The van der Waals surface area contributed by atoms with Gasteiger partial charge in [0, 0.05) is 11.6 Å². The summed E-state index contributed by atoms with van der Waals surface area (Å²) in [6, 6.07) is 1.70. The Hall–Kier alpha value is -2.39. The van der Waals surface area contributed by atoms with Crippen LogP contribution in [0, 0.1) is 18.8 Å². The zero-order valence-electron chi connectivity index (χ0n) is 18.4. The molecule has 33 heavy (non-hydrogen) atoms. The third kappa shape index (κ3) is 4.17. The molecule has 2 aromatic heterocycles. The first-order valence-corrected chi connectivity index (χ1v) is 11.7. The molecule has 178 valence electrons. The maximum atomic E-state index is 15.8. The zero-order chi connectivity index (χ0) is 24.0. The lowest BCUT2D eigenvalue weighted by Crippen LogP contribution is -2.54. The maximum absolute atomic E-state index is 15.8. The van der Waals surface area contributed by atoms with Crippen molar-refractivity contribution in [3.8, 4) is 11.8 Å². The number of carbonyl (C=O) groups excluding carboxylic acids is 1. The predicted molar refractivity (Wildman–Crippen MR) is 112 cm³/mol. The highest BCUT2D eigenvalue weighted by atomic mass is 31.2. The van der Waals surface area contributed by atoms with Crippen molar-refractivity contribution in [2.45, 2.75) is 57.6 Å². The second kappa shape index (κ2) is 8.43. The first-order chi connectivity index (χ1) is 15.5. The minimum atomic E-state index is -4.22. The molecule has 2 fully saturated rings. The van der Waals surface area contributed by atoms with Gasteiger partial charge in [0.1, 0.15) is 25.1 Å². The highest BCUT2D eigenvalue weighted by molar-refractivity contribution is 7.51. The molecule has 2 aliphatic heterocycles. The van der Waals surface area contributed by atoms with Gasteiger partial charge in [-0.2, -0.15) is 0 Å². The van der Waals surface area contributed by atoms with E-state index in [2.05, 4.69) is 26.9 Å². The van der Waals surface area contributed by atoms with E-state index in [1.807, 2.05) is 0 Å². The standard InChI is InChI=1S/C20H24FN4O7P/c1-5-7-19(27)17-20(21,10-29-33(28,32-17)24-9-15(26)30-12(2)3)31-18(19)25-8-6-14-13(4)22-11-23-16(14)25/h6,8,11-12,17-18,27H,9-10H2,1-4H3,(H,24,28)/t17-,18+,19+,20+,33?/m0/s1. The molecule has 2 aliphatic rings. The minimum Gasteiger partial charge on any atom is -0.462 e. The molecular weight excluding hydrogens is 458 g/mol. The lowest BCUT2D eigenvalue weighted by atomic mass is 9.93. The molecule has 11 nitrogen and oxygen atoms in total. The third-order valence-electron chi connectivity index (χ3n) is 5.22. The number of ether oxygens (including phenoxy) is 2. The number of nitrogens with one attached hydrogen (secondary N) is 1. The Kier molecular flexibility index (Phi) is 6.07. The number of carbonyl (C=O) groups is 1. The highest BCUT2D eigenvalue weighted by Gasteiger charge is 2.70. The monoisotopic (exact) mass is 482 g/mol. The third-order valence-corrected chi connectivity index (χ3v) is 6.72. The molecule has 0 radical (unpaired) electrons. The van der Waals surface area contributed by atoms with Gasteiger partial charge in [0.05, 0.1) is 11.8 Å². The van der Waals surface area contributed by atoms with Crippen LogP contribution in [0.25, 0.3) is 11.0 Å². The van der Waals surface area contributed by atoms with Crippen LogP contribution in [0.1, 0.15) is 32.7 Å². The Labute approximate surface area is 189 Å². The molecule has 13 heteroatoms. The normalized spacial score (nSPS) is 33.5. The van der Waals surface area contributed by atoms with Crippen LogP contribution in [0.3, 0.4) is 0 Å². The summed E-state index contributed by atoms with van der Waals surface area (Å²) in [4.78, 5) is 20.1. The Morgan fingerprint density at radius 3 is 2.97 bits per heavy atom. The summed E-state index contributed by atoms with van der Waals surface area (Å²) in [7, 11) is -4.22. The summed E-state index contributed by atoms with van der Waals surface area (Å²) >= 11 is 0. The van der Waals surface area contributed by atoms with Gasteiger partial charge in [0.2, 0.25) is 5.60 Å². The van der Waals surface area contributed by atoms with E-state index in [4.69, 9.17) is 18.5 Å². The van der Waals surface area contributed by atoms with Crippen molar-refractivity contribution in [2.75, 3.05) is 13.2 Å². The highest BCUT2D eigenvalue weighted by Crippen LogP contribution is 2.59. The lowest BCUT2D eigenvalue weighted by molar-refractivity contribution is -0.214. The van der Waals surface area contributed by atoms with Gasteiger partial charge in [0.15, 0.2) is 12.3 Å². The maximum Gasteiger partial charge on any atom is 0.406 e. The van der Waals surface area contributed by atoms with Crippen LogP contribution in [0.15, 0.2) is 18.6 Å². The molecule has 4 heterocycles. The van der Waals surface area contributed by atoms with Crippen LogP contribution >= 0.6 is 7.75 Å². The van der Waals surface area contributed by atoms with E-state index < -0.39 is 50.7 Å². The van der Waals surface area contributed by atoms with Crippen molar-refractivity contribution in [1.29, 1.82) is 0 Å². The summed E-state index contributed by atoms with van der Waals surface area (Å²) in [5, 5.41) is 14.5. The van der Waals surface area contributed by atoms with Gasteiger partial charge in [0.25, 0.3) is 5.85 Å². The Morgan fingerprint density at radius 1 is 1.52 bits per heavy atom. The molecule has 0 saturated carbocycles. The zero-order valence-corrected chi connectivity index (χ0v) is 19.3. The van der Waals surface area contributed by atoms with Gasteiger partial charge >= 0.3 is 13.7 Å². The molecule has 5 atom stereocenters. The second-order valence-corrected chi connectivity index (χ2v) is 9.79. The minimum absolute atomic E-state index is 0.379. The van der Waals surface area contributed by atoms with E-state index in [1.165, 1.54) is 17.8 Å². The molecule has 2 saturated heterocycles.